The van der Waals surface area contributed by atoms with Crippen molar-refractivity contribution in [2.45, 2.75) is 17.4 Å². The van der Waals surface area contributed by atoms with E-state index >= 15 is 0 Å². The summed E-state index contributed by atoms with van der Waals surface area (Å²) in [7, 11) is 1.18. The van der Waals surface area contributed by atoms with Crippen molar-refractivity contribution in [2.75, 3.05) is 39.2 Å². The Kier molecular flexibility index (Phi) is 5.47. The molecule has 1 atom stereocenters. The second-order valence-electron chi connectivity index (χ2n) is 6.30. The summed E-state index contributed by atoms with van der Waals surface area (Å²) in [4.78, 5) is 10.1. The van der Waals surface area contributed by atoms with Gasteiger partial charge in [-0.3, -0.25) is 4.98 Å². The lowest BCUT2D eigenvalue weighted by molar-refractivity contribution is 0.206. The Hall–Kier alpha value is -2.46. The number of benzene rings is 1. The Morgan fingerprint density at radius 2 is 2.07 bits per heavy atom. The molecule has 2 heterocycles. The van der Waals surface area contributed by atoms with Gasteiger partial charge in [0.25, 0.3) is 0 Å². The number of rotatable bonds is 6. The van der Waals surface area contributed by atoms with Crippen molar-refractivity contribution < 1.29 is 22.3 Å². The first-order chi connectivity index (χ1) is 12.8. The van der Waals surface area contributed by atoms with Gasteiger partial charge in [0.15, 0.2) is 17.4 Å². The normalized spacial score (nSPS) is 17.7. The third-order valence-electron chi connectivity index (χ3n) is 4.21. The van der Waals surface area contributed by atoms with Gasteiger partial charge in [-0.05, 0) is 24.6 Å². The van der Waals surface area contributed by atoms with Crippen LogP contribution in [-0.4, -0.2) is 63.1 Å². The predicted octanol–water partition coefficient (Wildman–Crippen LogP) is 1.53. The first kappa shape index (κ1) is 19.3. The van der Waals surface area contributed by atoms with Crippen LogP contribution in [0.3, 0.4) is 0 Å². The van der Waals surface area contributed by atoms with Crippen molar-refractivity contribution >= 4 is 15.8 Å². The fraction of sp³-hybridized carbons (Fsp3) is 0.412. The highest BCUT2D eigenvalue weighted by atomic mass is 32.2. The first-order valence-corrected chi connectivity index (χ1v) is 9.75. The lowest BCUT2D eigenvalue weighted by Gasteiger charge is -2.18. The third kappa shape index (κ3) is 4.11. The van der Waals surface area contributed by atoms with Crippen LogP contribution in [-0.2, 0) is 10.0 Å². The van der Waals surface area contributed by atoms with Gasteiger partial charge in [-0.15, -0.1) is 0 Å². The molecule has 3 rings (SSSR count). The van der Waals surface area contributed by atoms with E-state index in [0.717, 1.165) is 6.07 Å². The standard InChI is InChI=1S/C17H21FN4O4S/c1-21(2)16-9-19-10-17(20-16)26-12-6-7-22(11-12)27(23,24)13-4-5-15(25-3)14(18)8-13/h4-5,8-10,12H,6-7,11H2,1-3H3. The zero-order chi connectivity index (χ0) is 19.6. The van der Waals surface area contributed by atoms with E-state index < -0.39 is 15.8 Å². The maximum absolute atomic E-state index is 13.9. The Bertz CT molecular complexity index is 923. The summed E-state index contributed by atoms with van der Waals surface area (Å²) in [5, 5.41) is 0. The van der Waals surface area contributed by atoms with Gasteiger partial charge in [0.1, 0.15) is 6.10 Å². The van der Waals surface area contributed by atoms with Crippen LogP contribution in [0.4, 0.5) is 10.2 Å². The van der Waals surface area contributed by atoms with E-state index in [1.54, 1.807) is 11.1 Å². The van der Waals surface area contributed by atoms with Crippen LogP contribution in [0.1, 0.15) is 6.42 Å². The summed E-state index contributed by atoms with van der Waals surface area (Å²) in [5.74, 6) is 0.252. The van der Waals surface area contributed by atoms with Crippen molar-refractivity contribution in [3.63, 3.8) is 0 Å². The van der Waals surface area contributed by atoms with Crippen molar-refractivity contribution in [3.8, 4) is 11.6 Å². The number of ether oxygens (including phenoxy) is 2. The van der Waals surface area contributed by atoms with Gasteiger partial charge in [-0.2, -0.15) is 9.29 Å². The molecule has 1 aromatic heterocycles. The van der Waals surface area contributed by atoms with Gasteiger partial charge >= 0.3 is 0 Å². The van der Waals surface area contributed by atoms with E-state index in [0.29, 0.717) is 18.1 Å². The van der Waals surface area contributed by atoms with Crippen LogP contribution < -0.4 is 14.4 Å². The number of hydrogen-bond donors (Lipinski definition) is 0. The van der Waals surface area contributed by atoms with E-state index in [2.05, 4.69) is 9.97 Å². The first-order valence-electron chi connectivity index (χ1n) is 8.31. The molecule has 1 aliphatic heterocycles. The van der Waals surface area contributed by atoms with Crippen LogP contribution in [0.15, 0.2) is 35.5 Å². The van der Waals surface area contributed by atoms with Crippen LogP contribution in [0.5, 0.6) is 11.6 Å². The summed E-state index contributed by atoms with van der Waals surface area (Å²) < 4.78 is 51.3. The summed E-state index contributed by atoms with van der Waals surface area (Å²) >= 11 is 0. The fourth-order valence-electron chi connectivity index (χ4n) is 2.75. The van der Waals surface area contributed by atoms with Crippen molar-refractivity contribution in [1.29, 1.82) is 0 Å². The average Bonchev–Trinajstić information content (AvgIpc) is 3.11. The minimum atomic E-state index is -3.82. The number of halogens is 1. The zero-order valence-corrected chi connectivity index (χ0v) is 16.1. The molecule has 0 spiro atoms. The second-order valence-corrected chi connectivity index (χ2v) is 8.24. The van der Waals surface area contributed by atoms with Gasteiger partial charge < -0.3 is 14.4 Å². The smallest absolute Gasteiger partial charge is 0.243 e. The maximum Gasteiger partial charge on any atom is 0.243 e. The Morgan fingerprint density at radius 3 is 2.74 bits per heavy atom. The van der Waals surface area contributed by atoms with E-state index in [9.17, 15) is 12.8 Å². The van der Waals surface area contributed by atoms with E-state index in [1.165, 1.54) is 29.7 Å². The third-order valence-corrected chi connectivity index (χ3v) is 6.08. The Balaban J connectivity index is 1.71. The molecule has 0 amide bonds. The monoisotopic (exact) mass is 396 g/mol. The molecule has 0 saturated carbocycles. The maximum atomic E-state index is 13.9. The molecule has 1 unspecified atom stereocenters. The molecular weight excluding hydrogens is 375 g/mol. The highest BCUT2D eigenvalue weighted by Gasteiger charge is 2.34. The lowest BCUT2D eigenvalue weighted by atomic mass is 10.3. The fourth-order valence-corrected chi connectivity index (χ4v) is 4.25. The van der Waals surface area contributed by atoms with Gasteiger partial charge in [0.05, 0.1) is 30.9 Å². The number of nitrogens with zero attached hydrogens (tertiary/aromatic N) is 4. The number of sulfonamides is 1. The highest BCUT2D eigenvalue weighted by Crippen LogP contribution is 2.26. The predicted molar refractivity (Wildman–Crippen MR) is 97.1 cm³/mol. The molecule has 1 saturated heterocycles. The topological polar surface area (TPSA) is 84.9 Å². The van der Waals surface area contributed by atoms with Gasteiger partial charge in [-0.25, -0.2) is 12.8 Å². The molecule has 2 aromatic rings. The molecule has 1 aliphatic rings. The van der Waals surface area contributed by atoms with E-state index in [4.69, 9.17) is 9.47 Å². The molecular formula is C17H21FN4O4S. The van der Waals surface area contributed by atoms with Crippen molar-refractivity contribution in [1.82, 2.24) is 14.3 Å². The average molecular weight is 396 g/mol. The van der Waals surface area contributed by atoms with Crippen LogP contribution >= 0.6 is 0 Å². The molecule has 0 bridgehead atoms. The summed E-state index contributed by atoms with van der Waals surface area (Å²) in [5.41, 5.74) is 0. The Labute approximate surface area is 157 Å². The van der Waals surface area contributed by atoms with Crippen LogP contribution in [0.25, 0.3) is 0 Å². The number of anilines is 1. The van der Waals surface area contributed by atoms with Crippen LogP contribution in [0.2, 0.25) is 0 Å². The summed E-state index contributed by atoms with van der Waals surface area (Å²) in [6, 6.07) is 3.60. The summed E-state index contributed by atoms with van der Waals surface area (Å²) in [6.07, 6.45) is 3.25. The molecule has 146 valence electrons. The van der Waals surface area contributed by atoms with Gasteiger partial charge in [-0.1, -0.05) is 0 Å². The van der Waals surface area contributed by atoms with E-state index in [1.807, 2.05) is 14.1 Å². The number of methoxy groups -OCH3 is 1. The molecule has 1 fully saturated rings. The molecule has 1 aromatic carbocycles. The van der Waals surface area contributed by atoms with Crippen molar-refractivity contribution in [3.05, 3.63) is 36.4 Å². The molecule has 10 heteroatoms. The molecule has 0 radical (unpaired) electrons. The van der Waals surface area contributed by atoms with Gasteiger partial charge in [0.2, 0.25) is 15.9 Å². The molecule has 0 N–H and O–H groups in total. The summed E-state index contributed by atoms with van der Waals surface area (Å²) in [6.45, 7) is 0.436. The largest absolute Gasteiger partial charge is 0.494 e. The molecule has 27 heavy (non-hydrogen) atoms. The quantitative estimate of drug-likeness (QED) is 0.732. The Morgan fingerprint density at radius 1 is 1.30 bits per heavy atom. The second kappa shape index (κ2) is 7.65. The lowest BCUT2D eigenvalue weighted by Crippen LogP contribution is -2.31. The van der Waals surface area contributed by atoms with Crippen molar-refractivity contribution in [2.24, 2.45) is 0 Å². The van der Waals surface area contributed by atoms with Gasteiger partial charge in [0, 0.05) is 20.6 Å². The minimum absolute atomic E-state index is 0.00377. The van der Waals surface area contributed by atoms with E-state index in [-0.39, 0.29) is 29.8 Å². The number of hydrogen-bond acceptors (Lipinski definition) is 7. The minimum Gasteiger partial charge on any atom is -0.494 e. The number of aromatic nitrogens is 2. The van der Waals surface area contributed by atoms with Crippen LogP contribution in [0, 0.1) is 5.82 Å². The zero-order valence-electron chi connectivity index (χ0n) is 15.3. The SMILES string of the molecule is COc1ccc(S(=O)(=O)N2CCC(Oc3cncc(N(C)C)n3)C2)cc1F. The molecule has 0 aliphatic carbocycles. The highest BCUT2D eigenvalue weighted by molar-refractivity contribution is 7.89. The molecule has 8 nitrogen and oxygen atoms in total.